The van der Waals surface area contributed by atoms with Gasteiger partial charge in [0.15, 0.2) is 0 Å². The third kappa shape index (κ3) is 1.97. The lowest BCUT2D eigenvalue weighted by atomic mass is 10.0. The smallest absolute Gasteiger partial charge is 0.346 e. The van der Waals surface area contributed by atoms with E-state index >= 15 is 0 Å². The van der Waals surface area contributed by atoms with Crippen molar-refractivity contribution in [1.29, 1.82) is 0 Å². The number of benzene rings is 1. The Kier molecular flexibility index (Phi) is 3.10. The second-order valence-corrected chi connectivity index (χ2v) is 3.83. The normalized spacial score (nSPS) is 19.0. The lowest BCUT2D eigenvalue weighted by Gasteiger charge is -2.23. The maximum atomic E-state index is 13.7. The van der Waals surface area contributed by atoms with Gasteiger partial charge in [0.25, 0.3) is 0 Å². The van der Waals surface area contributed by atoms with Gasteiger partial charge in [-0.3, -0.25) is 0 Å². The lowest BCUT2D eigenvalue weighted by Crippen LogP contribution is -2.34. The molecule has 2 rings (SSSR count). The van der Waals surface area contributed by atoms with Crippen molar-refractivity contribution in [3.8, 4) is 0 Å². The van der Waals surface area contributed by atoms with E-state index in [9.17, 15) is 13.6 Å². The average Bonchev–Trinajstić information content (AvgIpc) is 2.58. The molecule has 0 fully saturated rings. The van der Waals surface area contributed by atoms with Gasteiger partial charge in [-0.2, -0.15) is 4.99 Å². The molecule has 0 radical (unpaired) electrons. The van der Waals surface area contributed by atoms with E-state index < -0.39 is 23.7 Å². The Morgan fingerprint density at radius 3 is 2.89 bits per heavy atom. The molecule has 0 saturated carbocycles. The van der Waals surface area contributed by atoms with Crippen LogP contribution in [0.2, 0.25) is 0 Å². The number of carbonyl (C=O) groups excluding carboxylic acids is 1. The maximum Gasteiger partial charge on any atom is 0.346 e. The van der Waals surface area contributed by atoms with Gasteiger partial charge in [0, 0.05) is 12.1 Å². The number of aliphatic imine (C=N–C) groups is 1. The van der Waals surface area contributed by atoms with Gasteiger partial charge in [-0.1, -0.05) is 6.08 Å². The van der Waals surface area contributed by atoms with Crippen molar-refractivity contribution in [2.24, 2.45) is 10.7 Å². The minimum absolute atomic E-state index is 0.0102. The molecule has 0 aromatic heterocycles. The van der Waals surface area contributed by atoms with Crippen LogP contribution in [-0.4, -0.2) is 23.3 Å². The molecule has 94 valence electrons. The molecule has 18 heavy (non-hydrogen) atoms. The molecule has 0 bridgehead atoms. The van der Waals surface area contributed by atoms with Crippen molar-refractivity contribution in [1.82, 2.24) is 4.90 Å². The highest BCUT2D eigenvalue weighted by Crippen LogP contribution is 2.29. The van der Waals surface area contributed by atoms with E-state index in [4.69, 9.17) is 5.73 Å². The number of urea groups is 1. The molecule has 4 nitrogen and oxygen atoms in total. The summed E-state index contributed by atoms with van der Waals surface area (Å²) in [5.41, 5.74) is 5.59. The van der Waals surface area contributed by atoms with E-state index in [1.54, 1.807) is 0 Å². The van der Waals surface area contributed by atoms with E-state index in [1.807, 2.05) is 0 Å². The fourth-order valence-electron chi connectivity index (χ4n) is 1.88. The molecule has 1 unspecified atom stereocenters. The van der Waals surface area contributed by atoms with Gasteiger partial charge in [0.2, 0.25) is 0 Å². The summed E-state index contributed by atoms with van der Waals surface area (Å²) in [6.45, 7) is 3.65. The standard InChI is InChI=1S/C12H11F2N3O/c1-2-5-17-10(11(15)16-12(17)18)8-6-7(13)3-4-9(8)14/h2-4,6,10H,1,5H2,(H2,15,16,18). The molecular formula is C12H11F2N3O. The van der Waals surface area contributed by atoms with E-state index in [1.165, 1.54) is 11.0 Å². The highest BCUT2D eigenvalue weighted by Gasteiger charge is 2.35. The fraction of sp³-hybridized carbons (Fsp3) is 0.167. The van der Waals surface area contributed by atoms with Crippen LogP contribution in [0.1, 0.15) is 11.6 Å². The van der Waals surface area contributed by atoms with Crippen molar-refractivity contribution >= 4 is 11.9 Å². The fourth-order valence-corrected chi connectivity index (χ4v) is 1.88. The average molecular weight is 251 g/mol. The zero-order valence-corrected chi connectivity index (χ0v) is 9.44. The molecule has 1 atom stereocenters. The molecule has 1 heterocycles. The molecule has 1 aliphatic heterocycles. The predicted molar refractivity (Wildman–Crippen MR) is 63.0 cm³/mol. The number of carbonyl (C=O) groups is 1. The van der Waals surface area contributed by atoms with Crippen molar-refractivity contribution in [2.75, 3.05) is 6.54 Å². The molecule has 0 spiro atoms. The summed E-state index contributed by atoms with van der Waals surface area (Å²) in [4.78, 5) is 16.3. The first-order chi connectivity index (χ1) is 8.54. The monoisotopic (exact) mass is 251 g/mol. The summed E-state index contributed by atoms with van der Waals surface area (Å²) in [7, 11) is 0. The van der Waals surface area contributed by atoms with Gasteiger partial charge in [0.05, 0.1) is 0 Å². The summed E-state index contributed by atoms with van der Waals surface area (Å²) in [6.07, 6.45) is 1.47. The first kappa shape index (κ1) is 12.2. The zero-order chi connectivity index (χ0) is 13.3. The molecule has 1 aromatic rings. The van der Waals surface area contributed by atoms with Gasteiger partial charge >= 0.3 is 6.03 Å². The topological polar surface area (TPSA) is 58.7 Å². The number of nitrogens with zero attached hydrogens (tertiary/aromatic N) is 2. The van der Waals surface area contributed by atoms with Gasteiger partial charge in [-0.05, 0) is 18.2 Å². The summed E-state index contributed by atoms with van der Waals surface area (Å²) in [6, 6.07) is 1.54. The van der Waals surface area contributed by atoms with Crippen LogP contribution in [0, 0.1) is 11.6 Å². The number of halogens is 2. The molecule has 1 aromatic carbocycles. The quantitative estimate of drug-likeness (QED) is 0.835. The van der Waals surface area contributed by atoms with Crippen LogP contribution in [0.15, 0.2) is 35.8 Å². The summed E-state index contributed by atoms with van der Waals surface area (Å²) < 4.78 is 26.9. The molecule has 2 amide bonds. The third-order valence-electron chi connectivity index (χ3n) is 2.64. The van der Waals surface area contributed by atoms with Gasteiger partial charge in [0.1, 0.15) is 23.5 Å². The number of rotatable bonds is 3. The number of hydrogen-bond acceptors (Lipinski definition) is 2. The minimum atomic E-state index is -0.883. The van der Waals surface area contributed by atoms with E-state index in [2.05, 4.69) is 11.6 Å². The second kappa shape index (κ2) is 4.56. The van der Waals surface area contributed by atoms with Gasteiger partial charge < -0.3 is 10.6 Å². The van der Waals surface area contributed by atoms with Crippen molar-refractivity contribution in [3.63, 3.8) is 0 Å². The second-order valence-electron chi connectivity index (χ2n) is 3.83. The minimum Gasteiger partial charge on any atom is -0.385 e. The molecular weight excluding hydrogens is 240 g/mol. The number of hydrogen-bond donors (Lipinski definition) is 1. The Hall–Kier alpha value is -2.24. The Morgan fingerprint density at radius 2 is 2.22 bits per heavy atom. The zero-order valence-electron chi connectivity index (χ0n) is 9.44. The maximum absolute atomic E-state index is 13.7. The van der Waals surface area contributed by atoms with E-state index in [-0.39, 0.29) is 17.9 Å². The van der Waals surface area contributed by atoms with Crippen molar-refractivity contribution in [2.45, 2.75) is 6.04 Å². The summed E-state index contributed by atoms with van der Waals surface area (Å²) in [5.74, 6) is -1.29. The Morgan fingerprint density at radius 1 is 1.50 bits per heavy atom. The van der Waals surface area contributed by atoms with Crippen LogP contribution >= 0.6 is 0 Å². The predicted octanol–water partition coefficient (Wildman–Crippen LogP) is 1.98. The highest BCUT2D eigenvalue weighted by atomic mass is 19.1. The van der Waals surface area contributed by atoms with Crippen LogP contribution < -0.4 is 5.73 Å². The van der Waals surface area contributed by atoms with Crippen LogP contribution in [0.4, 0.5) is 13.6 Å². The highest BCUT2D eigenvalue weighted by molar-refractivity contribution is 6.03. The van der Waals surface area contributed by atoms with Crippen molar-refractivity contribution in [3.05, 3.63) is 48.1 Å². The summed E-state index contributed by atoms with van der Waals surface area (Å²) in [5, 5.41) is 0. The van der Waals surface area contributed by atoms with E-state index in [0.717, 1.165) is 18.2 Å². The molecule has 6 heteroatoms. The van der Waals surface area contributed by atoms with Crippen LogP contribution in [0.25, 0.3) is 0 Å². The number of amides is 2. The number of amidine groups is 1. The molecule has 0 saturated heterocycles. The first-order valence-electron chi connectivity index (χ1n) is 5.25. The van der Waals surface area contributed by atoms with Crippen LogP contribution in [0.3, 0.4) is 0 Å². The first-order valence-corrected chi connectivity index (χ1v) is 5.25. The molecule has 2 N–H and O–H groups in total. The Labute approximate surface area is 102 Å². The SMILES string of the molecule is C=CCN1C(=O)N=C(N)C1c1cc(F)ccc1F. The van der Waals surface area contributed by atoms with Gasteiger partial charge in [-0.25, -0.2) is 13.6 Å². The summed E-state index contributed by atoms with van der Waals surface area (Å²) >= 11 is 0. The lowest BCUT2D eigenvalue weighted by molar-refractivity contribution is 0.212. The molecule has 1 aliphatic rings. The Bertz CT molecular complexity index is 542. The van der Waals surface area contributed by atoms with E-state index in [0.29, 0.717) is 0 Å². The Balaban J connectivity index is 2.47. The van der Waals surface area contributed by atoms with Gasteiger partial charge in [-0.15, -0.1) is 6.58 Å². The van der Waals surface area contributed by atoms with Crippen LogP contribution in [-0.2, 0) is 0 Å². The van der Waals surface area contributed by atoms with Crippen molar-refractivity contribution < 1.29 is 13.6 Å². The van der Waals surface area contributed by atoms with Crippen LogP contribution in [0.5, 0.6) is 0 Å². The third-order valence-corrected chi connectivity index (χ3v) is 2.64. The largest absolute Gasteiger partial charge is 0.385 e. The molecule has 0 aliphatic carbocycles. The number of nitrogens with two attached hydrogens (primary N) is 1.